The standard InChI is InChI=1S/C18H12F4N2O2S/c19-13-6-4-11(5-7-13)15-9-23-17(26-15)27-10-16(25)24-14-3-1-2-12(8-14)18(20,21)22/h1-9H,10H2,(H,24,25). The molecule has 0 saturated carbocycles. The molecule has 0 aliphatic rings. The van der Waals surface area contributed by atoms with Crippen molar-refractivity contribution in [3.8, 4) is 11.3 Å². The quantitative estimate of drug-likeness (QED) is 0.474. The molecule has 0 fully saturated rings. The van der Waals surface area contributed by atoms with E-state index in [1.165, 1.54) is 42.6 Å². The van der Waals surface area contributed by atoms with Crippen LogP contribution in [-0.2, 0) is 11.0 Å². The molecule has 2 aromatic carbocycles. The molecule has 3 aromatic rings. The summed E-state index contributed by atoms with van der Waals surface area (Å²) in [4.78, 5) is 16.0. The van der Waals surface area contributed by atoms with E-state index in [4.69, 9.17) is 4.42 Å². The lowest BCUT2D eigenvalue weighted by atomic mass is 10.2. The molecule has 1 N–H and O–H groups in total. The number of alkyl halides is 3. The highest BCUT2D eigenvalue weighted by molar-refractivity contribution is 7.99. The molecule has 0 bridgehead atoms. The summed E-state index contributed by atoms with van der Waals surface area (Å²) in [6, 6.07) is 10.0. The van der Waals surface area contributed by atoms with Gasteiger partial charge in [-0.3, -0.25) is 4.79 Å². The number of hydrogen-bond acceptors (Lipinski definition) is 4. The van der Waals surface area contributed by atoms with Gasteiger partial charge >= 0.3 is 6.18 Å². The van der Waals surface area contributed by atoms with Gasteiger partial charge in [0.1, 0.15) is 5.82 Å². The van der Waals surface area contributed by atoms with Gasteiger partial charge in [0.05, 0.1) is 17.5 Å². The number of amides is 1. The molecule has 27 heavy (non-hydrogen) atoms. The van der Waals surface area contributed by atoms with Crippen molar-refractivity contribution < 1.29 is 26.8 Å². The summed E-state index contributed by atoms with van der Waals surface area (Å²) in [5, 5.41) is 2.61. The summed E-state index contributed by atoms with van der Waals surface area (Å²) in [7, 11) is 0. The molecule has 1 aromatic heterocycles. The number of benzene rings is 2. The van der Waals surface area contributed by atoms with Crippen molar-refractivity contribution in [1.29, 1.82) is 0 Å². The lowest BCUT2D eigenvalue weighted by molar-refractivity contribution is -0.137. The smallest absolute Gasteiger partial charge is 0.416 e. The molecular formula is C18H12F4N2O2S. The van der Waals surface area contributed by atoms with Gasteiger partial charge in [-0.1, -0.05) is 17.8 Å². The van der Waals surface area contributed by atoms with Gasteiger partial charge in [-0.25, -0.2) is 9.37 Å². The topological polar surface area (TPSA) is 55.1 Å². The van der Waals surface area contributed by atoms with Crippen LogP contribution in [0.4, 0.5) is 23.2 Å². The maximum Gasteiger partial charge on any atom is 0.416 e. The van der Waals surface area contributed by atoms with Crippen molar-refractivity contribution in [3.63, 3.8) is 0 Å². The summed E-state index contributed by atoms with van der Waals surface area (Å²) in [6.45, 7) is 0. The van der Waals surface area contributed by atoms with Gasteiger partial charge in [0, 0.05) is 11.3 Å². The minimum atomic E-state index is -4.48. The first-order chi connectivity index (χ1) is 12.8. The highest BCUT2D eigenvalue weighted by atomic mass is 32.2. The molecule has 0 aliphatic heterocycles. The average Bonchev–Trinajstić information content (AvgIpc) is 3.09. The van der Waals surface area contributed by atoms with Crippen molar-refractivity contribution in [3.05, 3.63) is 66.1 Å². The number of nitrogens with zero attached hydrogens (tertiary/aromatic N) is 1. The molecule has 0 aliphatic carbocycles. The van der Waals surface area contributed by atoms with Crippen LogP contribution in [0.1, 0.15) is 5.56 Å². The minimum Gasteiger partial charge on any atom is -0.431 e. The second-order valence-electron chi connectivity index (χ2n) is 5.41. The van der Waals surface area contributed by atoms with Gasteiger partial charge in [-0.05, 0) is 42.5 Å². The maximum absolute atomic E-state index is 12.9. The fraction of sp³-hybridized carbons (Fsp3) is 0.111. The molecule has 0 atom stereocenters. The van der Waals surface area contributed by atoms with Gasteiger partial charge < -0.3 is 9.73 Å². The predicted molar refractivity (Wildman–Crippen MR) is 92.7 cm³/mol. The average molecular weight is 396 g/mol. The van der Waals surface area contributed by atoms with Crippen LogP contribution >= 0.6 is 11.8 Å². The summed E-state index contributed by atoms with van der Waals surface area (Å²) >= 11 is 0.990. The minimum absolute atomic E-state index is 0.0508. The molecule has 3 rings (SSSR count). The number of carbonyl (C=O) groups is 1. The number of oxazole rings is 1. The second-order valence-corrected chi connectivity index (χ2v) is 6.34. The van der Waals surface area contributed by atoms with E-state index >= 15 is 0 Å². The number of nitrogens with one attached hydrogen (secondary N) is 1. The third-order valence-corrected chi connectivity index (χ3v) is 4.26. The summed E-state index contributed by atoms with van der Waals surface area (Å²) in [5.41, 5.74) is -0.163. The first-order valence-electron chi connectivity index (χ1n) is 7.63. The van der Waals surface area contributed by atoms with Gasteiger partial charge in [0.15, 0.2) is 5.76 Å². The van der Waals surface area contributed by atoms with Crippen molar-refractivity contribution in [2.24, 2.45) is 0 Å². The van der Waals surface area contributed by atoms with E-state index in [9.17, 15) is 22.4 Å². The Labute approximate surface area is 155 Å². The van der Waals surface area contributed by atoms with Gasteiger partial charge in [0.2, 0.25) is 5.91 Å². The van der Waals surface area contributed by atoms with Crippen LogP contribution in [-0.4, -0.2) is 16.6 Å². The largest absolute Gasteiger partial charge is 0.431 e. The Hall–Kier alpha value is -2.81. The third-order valence-electron chi connectivity index (χ3n) is 3.41. The molecule has 140 valence electrons. The SMILES string of the molecule is O=C(CSc1ncc(-c2ccc(F)cc2)o1)Nc1cccc(C(F)(F)F)c1. The molecule has 1 heterocycles. The Morgan fingerprint density at radius 3 is 2.59 bits per heavy atom. The Bertz CT molecular complexity index is 939. The number of anilines is 1. The van der Waals surface area contributed by atoms with Crippen LogP contribution in [0.25, 0.3) is 11.3 Å². The Morgan fingerprint density at radius 2 is 1.89 bits per heavy atom. The van der Waals surface area contributed by atoms with E-state index in [0.29, 0.717) is 11.3 Å². The molecule has 4 nitrogen and oxygen atoms in total. The zero-order valence-electron chi connectivity index (χ0n) is 13.6. The number of halogens is 4. The van der Waals surface area contributed by atoms with Crippen molar-refractivity contribution in [2.75, 3.05) is 11.1 Å². The van der Waals surface area contributed by atoms with Crippen LogP contribution in [0.5, 0.6) is 0 Å². The van der Waals surface area contributed by atoms with Gasteiger partial charge in [-0.2, -0.15) is 13.2 Å². The normalized spacial score (nSPS) is 11.4. The van der Waals surface area contributed by atoms with Crippen LogP contribution in [0.3, 0.4) is 0 Å². The first kappa shape index (κ1) is 19.0. The molecule has 1 amide bonds. The lowest BCUT2D eigenvalue weighted by Crippen LogP contribution is -2.15. The second kappa shape index (κ2) is 7.83. The van der Waals surface area contributed by atoms with Crippen molar-refractivity contribution in [2.45, 2.75) is 11.4 Å². The molecule has 0 unspecified atom stereocenters. The Balaban J connectivity index is 1.58. The number of thioether (sulfide) groups is 1. The summed E-state index contributed by atoms with van der Waals surface area (Å²) in [6.07, 6.45) is -3.04. The monoisotopic (exact) mass is 396 g/mol. The Kier molecular flexibility index (Phi) is 5.50. The molecule has 9 heteroatoms. The summed E-state index contributed by atoms with van der Waals surface area (Å²) < 4.78 is 56.4. The fourth-order valence-corrected chi connectivity index (χ4v) is 2.77. The van der Waals surface area contributed by atoms with E-state index in [1.54, 1.807) is 0 Å². The van der Waals surface area contributed by atoms with E-state index in [0.717, 1.165) is 23.9 Å². The number of aromatic nitrogens is 1. The lowest BCUT2D eigenvalue weighted by Gasteiger charge is -2.09. The Morgan fingerprint density at radius 1 is 1.15 bits per heavy atom. The van der Waals surface area contributed by atoms with Crippen LogP contribution < -0.4 is 5.32 Å². The van der Waals surface area contributed by atoms with E-state index < -0.39 is 17.6 Å². The molecular weight excluding hydrogens is 384 g/mol. The van der Waals surface area contributed by atoms with Crippen LogP contribution in [0.2, 0.25) is 0 Å². The predicted octanol–water partition coefficient (Wildman–Crippen LogP) is 5.23. The van der Waals surface area contributed by atoms with Crippen molar-refractivity contribution >= 4 is 23.4 Å². The fourth-order valence-electron chi connectivity index (χ4n) is 2.17. The molecule has 0 spiro atoms. The van der Waals surface area contributed by atoms with E-state index in [2.05, 4.69) is 10.3 Å². The summed E-state index contributed by atoms with van der Waals surface area (Å²) in [5.74, 6) is -0.560. The molecule has 0 saturated heterocycles. The molecule has 0 radical (unpaired) electrons. The van der Waals surface area contributed by atoms with Crippen molar-refractivity contribution in [1.82, 2.24) is 4.98 Å². The highest BCUT2D eigenvalue weighted by Gasteiger charge is 2.30. The first-order valence-corrected chi connectivity index (χ1v) is 8.61. The number of hydrogen-bond donors (Lipinski definition) is 1. The highest BCUT2D eigenvalue weighted by Crippen LogP contribution is 2.31. The zero-order valence-corrected chi connectivity index (χ0v) is 14.4. The maximum atomic E-state index is 12.9. The van der Waals surface area contributed by atoms with E-state index in [-0.39, 0.29) is 22.5 Å². The van der Waals surface area contributed by atoms with Crippen LogP contribution in [0, 0.1) is 5.82 Å². The van der Waals surface area contributed by atoms with Crippen LogP contribution in [0.15, 0.2) is 64.4 Å². The zero-order chi connectivity index (χ0) is 19.4. The number of carbonyl (C=O) groups excluding carboxylic acids is 1. The van der Waals surface area contributed by atoms with Gasteiger partial charge in [-0.15, -0.1) is 0 Å². The number of rotatable bonds is 5. The van der Waals surface area contributed by atoms with E-state index in [1.807, 2.05) is 0 Å². The van der Waals surface area contributed by atoms with Gasteiger partial charge in [0.25, 0.3) is 5.22 Å². The third kappa shape index (κ3) is 5.10.